The van der Waals surface area contributed by atoms with Gasteiger partial charge >= 0.3 is 0 Å². The summed E-state index contributed by atoms with van der Waals surface area (Å²) in [6.07, 6.45) is 2.19. The minimum atomic E-state index is -0.468. The van der Waals surface area contributed by atoms with Gasteiger partial charge in [-0.2, -0.15) is 0 Å². The molecule has 4 rings (SSSR count). The van der Waals surface area contributed by atoms with E-state index in [0.717, 1.165) is 29.7 Å². The molecule has 4 nitrogen and oxygen atoms in total. The monoisotopic (exact) mass is 372 g/mol. The molecule has 2 aliphatic heterocycles. The highest BCUT2D eigenvalue weighted by molar-refractivity contribution is 6.30. The number of carbonyl (C=O) groups is 2. The van der Waals surface area contributed by atoms with Crippen LogP contribution in [0.3, 0.4) is 0 Å². The van der Waals surface area contributed by atoms with Crippen molar-refractivity contribution in [1.82, 2.24) is 0 Å². The molecule has 0 N–H and O–H groups in total. The maximum Gasteiger partial charge on any atom is 0.258 e. The van der Waals surface area contributed by atoms with Crippen molar-refractivity contribution in [2.45, 2.75) is 26.2 Å². The minimum absolute atomic E-state index is 0.00765. The normalized spacial score (nSPS) is 15.7. The molecule has 0 spiro atoms. The second-order valence-electron chi connectivity index (χ2n) is 6.72. The summed E-state index contributed by atoms with van der Waals surface area (Å²) < 4.78 is 14.5. The van der Waals surface area contributed by atoms with Gasteiger partial charge in [-0.3, -0.25) is 9.59 Å². The van der Waals surface area contributed by atoms with Gasteiger partial charge in [0.1, 0.15) is 5.82 Å². The molecule has 2 aromatic rings. The third-order valence-electron chi connectivity index (χ3n) is 5.05. The predicted octanol–water partition coefficient (Wildman–Crippen LogP) is 3.98. The lowest BCUT2D eigenvalue weighted by atomic mass is 9.99. The summed E-state index contributed by atoms with van der Waals surface area (Å²) in [6.45, 7) is 2.63. The molecule has 0 aromatic heterocycles. The molecule has 2 aliphatic rings. The summed E-state index contributed by atoms with van der Waals surface area (Å²) in [5, 5.41) is 0.345. The Balaban J connectivity index is 1.69. The second-order valence-corrected chi connectivity index (χ2v) is 7.16. The largest absolute Gasteiger partial charge is 0.312 e. The molecule has 2 aromatic carbocycles. The van der Waals surface area contributed by atoms with Crippen LogP contribution in [0.5, 0.6) is 0 Å². The highest BCUT2D eigenvalue weighted by Gasteiger charge is 2.29. The lowest BCUT2D eigenvalue weighted by molar-refractivity contribution is -0.116. The highest BCUT2D eigenvalue weighted by Crippen LogP contribution is 2.35. The highest BCUT2D eigenvalue weighted by atomic mass is 35.5. The van der Waals surface area contributed by atoms with E-state index in [9.17, 15) is 14.0 Å². The van der Waals surface area contributed by atoms with E-state index in [1.54, 1.807) is 23.1 Å². The first-order chi connectivity index (χ1) is 12.5. The third-order valence-corrected chi connectivity index (χ3v) is 5.27. The number of fused-ring (bicyclic) bond motifs is 2. The quantitative estimate of drug-likeness (QED) is 0.759. The van der Waals surface area contributed by atoms with Crippen molar-refractivity contribution < 1.29 is 14.0 Å². The average molecular weight is 373 g/mol. The van der Waals surface area contributed by atoms with Gasteiger partial charge in [0.05, 0.1) is 5.69 Å². The van der Waals surface area contributed by atoms with E-state index >= 15 is 0 Å². The van der Waals surface area contributed by atoms with Gasteiger partial charge in [0.25, 0.3) is 5.91 Å². The van der Waals surface area contributed by atoms with E-state index in [1.807, 2.05) is 6.07 Å². The summed E-state index contributed by atoms with van der Waals surface area (Å²) >= 11 is 5.95. The van der Waals surface area contributed by atoms with Crippen molar-refractivity contribution in [2.24, 2.45) is 0 Å². The second kappa shape index (κ2) is 6.40. The summed E-state index contributed by atoms with van der Waals surface area (Å²) in [5.74, 6) is -0.701. The number of rotatable bonds is 1. The van der Waals surface area contributed by atoms with Crippen LogP contribution in [-0.4, -0.2) is 24.9 Å². The Morgan fingerprint density at radius 2 is 1.85 bits per heavy atom. The Labute approximate surface area is 156 Å². The minimum Gasteiger partial charge on any atom is -0.312 e. The van der Waals surface area contributed by atoms with Crippen LogP contribution in [0, 0.1) is 5.82 Å². The van der Waals surface area contributed by atoms with Gasteiger partial charge in [-0.1, -0.05) is 11.6 Å². The van der Waals surface area contributed by atoms with Gasteiger partial charge in [-0.25, -0.2) is 4.39 Å². The Bertz CT molecular complexity index is 928. The van der Waals surface area contributed by atoms with Crippen LogP contribution in [0.4, 0.5) is 15.8 Å². The fourth-order valence-electron chi connectivity index (χ4n) is 3.87. The zero-order chi connectivity index (χ0) is 18.4. The van der Waals surface area contributed by atoms with Crippen molar-refractivity contribution >= 4 is 34.8 Å². The molecule has 0 fully saturated rings. The number of carbonyl (C=O) groups excluding carboxylic acids is 2. The van der Waals surface area contributed by atoms with Gasteiger partial charge < -0.3 is 9.80 Å². The number of amides is 2. The van der Waals surface area contributed by atoms with Gasteiger partial charge in [0.15, 0.2) is 0 Å². The van der Waals surface area contributed by atoms with Crippen LogP contribution in [0.25, 0.3) is 0 Å². The molecule has 0 saturated heterocycles. The van der Waals surface area contributed by atoms with Crippen molar-refractivity contribution in [3.8, 4) is 0 Å². The topological polar surface area (TPSA) is 40.6 Å². The van der Waals surface area contributed by atoms with E-state index in [-0.39, 0.29) is 11.8 Å². The first-order valence-corrected chi connectivity index (χ1v) is 9.04. The molecule has 0 bridgehead atoms. The number of hydrogen-bond acceptors (Lipinski definition) is 2. The lowest BCUT2D eigenvalue weighted by Gasteiger charge is -2.30. The van der Waals surface area contributed by atoms with Crippen molar-refractivity contribution in [3.63, 3.8) is 0 Å². The lowest BCUT2D eigenvalue weighted by Crippen LogP contribution is -2.36. The fourth-order valence-corrected chi connectivity index (χ4v) is 4.10. The van der Waals surface area contributed by atoms with Crippen LogP contribution in [0.15, 0.2) is 30.3 Å². The summed E-state index contributed by atoms with van der Waals surface area (Å²) in [5.41, 5.74) is 3.43. The van der Waals surface area contributed by atoms with Gasteiger partial charge in [0.2, 0.25) is 5.91 Å². The zero-order valence-electron chi connectivity index (χ0n) is 14.4. The van der Waals surface area contributed by atoms with Crippen molar-refractivity contribution in [2.75, 3.05) is 22.9 Å². The molecular weight excluding hydrogens is 355 g/mol. The third kappa shape index (κ3) is 2.76. The van der Waals surface area contributed by atoms with Gasteiger partial charge in [-0.15, -0.1) is 0 Å². The van der Waals surface area contributed by atoms with Gasteiger partial charge in [-0.05, 0) is 60.7 Å². The molecule has 134 valence electrons. The van der Waals surface area contributed by atoms with Crippen LogP contribution in [0.1, 0.15) is 34.8 Å². The van der Waals surface area contributed by atoms with Crippen LogP contribution in [-0.2, 0) is 17.6 Å². The standard InChI is InChI=1S/C20H18ClFN2O2/c1-12(25)23-8-6-13-9-15(4-5-18(13)23)20(26)24-7-2-3-14-10-16(21)11-17(22)19(14)24/h4-5,9-11H,2-3,6-8H2,1H3. The molecule has 0 unspecified atom stereocenters. The fraction of sp³-hybridized carbons (Fsp3) is 0.300. The number of hydrogen-bond donors (Lipinski definition) is 0. The molecule has 0 aliphatic carbocycles. The molecule has 2 amide bonds. The number of halogens is 2. The Morgan fingerprint density at radius 1 is 1.04 bits per heavy atom. The van der Waals surface area contributed by atoms with Crippen LogP contribution >= 0.6 is 11.6 Å². The molecule has 0 radical (unpaired) electrons. The Hall–Kier alpha value is -2.40. The molecular formula is C20H18ClFN2O2. The Kier molecular flexibility index (Phi) is 4.19. The summed E-state index contributed by atoms with van der Waals surface area (Å²) in [6, 6.07) is 8.32. The average Bonchev–Trinajstić information content (AvgIpc) is 3.03. The number of benzene rings is 2. The maximum absolute atomic E-state index is 14.5. The van der Waals surface area contributed by atoms with E-state index < -0.39 is 5.82 Å². The molecule has 0 saturated carbocycles. The first-order valence-electron chi connectivity index (χ1n) is 8.66. The van der Waals surface area contributed by atoms with Crippen molar-refractivity contribution in [1.29, 1.82) is 0 Å². The Morgan fingerprint density at radius 3 is 2.62 bits per heavy atom. The number of nitrogens with zero attached hydrogens (tertiary/aromatic N) is 2. The molecule has 0 atom stereocenters. The zero-order valence-corrected chi connectivity index (χ0v) is 15.1. The van der Waals surface area contributed by atoms with E-state index in [1.165, 1.54) is 17.9 Å². The predicted molar refractivity (Wildman–Crippen MR) is 99.6 cm³/mol. The first kappa shape index (κ1) is 17.0. The van der Waals surface area contributed by atoms with Crippen LogP contribution in [0.2, 0.25) is 5.02 Å². The SMILES string of the molecule is CC(=O)N1CCc2cc(C(=O)N3CCCc4cc(Cl)cc(F)c43)ccc21. The van der Waals surface area contributed by atoms with Gasteiger partial charge in [0, 0.05) is 36.3 Å². The van der Waals surface area contributed by atoms with Crippen molar-refractivity contribution in [3.05, 3.63) is 57.9 Å². The van der Waals surface area contributed by atoms with E-state index in [4.69, 9.17) is 11.6 Å². The smallest absolute Gasteiger partial charge is 0.258 e. The summed E-state index contributed by atoms with van der Waals surface area (Å²) in [7, 11) is 0. The van der Waals surface area contributed by atoms with Crippen LogP contribution < -0.4 is 9.80 Å². The van der Waals surface area contributed by atoms with E-state index in [0.29, 0.717) is 35.8 Å². The number of aryl methyl sites for hydroxylation is 1. The summed E-state index contributed by atoms with van der Waals surface area (Å²) in [4.78, 5) is 27.9. The number of anilines is 2. The molecule has 6 heteroatoms. The van der Waals surface area contributed by atoms with E-state index in [2.05, 4.69) is 0 Å². The maximum atomic E-state index is 14.5. The molecule has 2 heterocycles. The molecule has 26 heavy (non-hydrogen) atoms.